The number of carbonyl (C=O) groups excluding carboxylic acids is 3. The molecule has 0 fully saturated rings. The van der Waals surface area contributed by atoms with Crippen LogP contribution in [0.25, 0.3) is 0 Å². The number of ether oxygens (including phenoxy) is 3. The highest BCUT2D eigenvalue weighted by atomic mass is 16.6. The van der Waals surface area contributed by atoms with E-state index in [0.717, 1.165) is 0 Å². The summed E-state index contributed by atoms with van der Waals surface area (Å²) in [7, 11) is 0. The van der Waals surface area contributed by atoms with Crippen LogP contribution in [0.4, 0.5) is 5.69 Å². The van der Waals surface area contributed by atoms with Gasteiger partial charge in [0.25, 0.3) is 0 Å². The van der Waals surface area contributed by atoms with Gasteiger partial charge in [-0.05, 0) is 37.3 Å². The number of nitrogens with one attached hydrogen (secondary N) is 1. The van der Waals surface area contributed by atoms with Gasteiger partial charge in [-0.3, -0.25) is 9.59 Å². The molecule has 2 aromatic rings. The lowest BCUT2D eigenvalue weighted by Gasteiger charge is -2.30. The number of aromatic hydroxyl groups is 1. The van der Waals surface area contributed by atoms with Crippen LogP contribution in [-0.4, -0.2) is 41.6 Å². The summed E-state index contributed by atoms with van der Waals surface area (Å²) in [6, 6.07) is 10.9. The van der Waals surface area contributed by atoms with Crippen molar-refractivity contribution < 1.29 is 33.7 Å². The van der Waals surface area contributed by atoms with E-state index in [0.29, 0.717) is 11.5 Å². The van der Waals surface area contributed by atoms with Crippen molar-refractivity contribution in [2.24, 2.45) is 0 Å². The van der Waals surface area contributed by atoms with E-state index in [1.807, 2.05) is 0 Å². The first-order valence-corrected chi connectivity index (χ1v) is 8.58. The maximum Gasteiger partial charge on any atom is 0.351 e. The number of benzene rings is 2. The van der Waals surface area contributed by atoms with Crippen molar-refractivity contribution in [2.75, 3.05) is 11.9 Å². The minimum Gasteiger partial charge on any atom is -0.506 e. The van der Waals surface area contributed by atoms with Gasteiger partial charge in [0.1, 0.15) is 11.9 Å². The van der Waals surface area contributed by atoms with Gasteiger partial charge >= 0.3 is 5.97 Å². The Kier molecular flexibility index (Phi) is 5.49. The van der Waals surface area contributed by atoms with Crippen molar-refractivity contribution >= 4 is 23.3 Å². The molecule has 0 saturated heterocycles. The van der Waals surface area contributed by atoms with Crippen LogP contribution in [0, 0.1) is 0 Å². The third-order valence-corrected chi connectivity index (χ3v) is 4.05. The Morgan fingerprint density at radius 1 is 1.11 bits per heavy atom. The number of para-hydroxylation sites is 2. The highest BCUT2D eigenvalue weighted by Crippen LogP contribution is 2.33. The number of anilines is 1. The summed E-state index contributed by atoms with van der Waals surface area (Å²) in [4.78, 5) is 35.8. The first kappa shape index (κ1) is 19.2. The molecule has 1 amide bonds. The van der Waals surface area contributed by atoms with Gasteiger partial charge in [0, 0.05) is 12.5 Å². The molecule has 1 aliphatic rings. The van der Waals surface area contributed by atoms with Gasteiger partial charge in [-0.25, -0.2) is 4.79 Å². The first-order valence-electron chi connectivity index (χ1n) is 8.58. The van der Waals surface area contributed by atoms with E-state index < -0.39 is 36.5 Å². The lowest BCUT2D eigenvalue weighted by atomic mass is 10.1. The number of Topliss-reactive ketones (excluding diaryl/α,β-unsaturated/α-hetero) is 1. The number of hydrogen-bond acceptors (Lipinski definition) is 7. The number of phenols is 1. The zero-order valence-electron chi connectivity index (χ0n) is 15.3. The SMILES string of the molecule is CC(=O)Nc1cc(C(=O)COC(=O)[C@@H]2Oc3ccccc3O[C@@H]2C)ccc1O. The quantitative estimate of drug-likeness (QED) is 0.461. The monoisotopic (exact) mass is 385 g/mol. The van der Waals surface area contributed by atoms with E-state index in [-0.39, 0.29) is 17.0 Å². The fourth-order valence-corrected chi connectivity index (χ4v) is 2.68. The second-order valence-corrected chi connectivity index (χ2v) is 6.25. The molecule has 0 bridgehead atoms. The van der Waals surface area contributed by atoms with Crippen LogP contribution < -0.4 is 14.8 Å². The topological polar surface area (TPSA) is 111 Å². The number of ketones is 1. The molecule has 1 aliphatic heterocycles. The zero-order valence-corrected chi connectivity index (χ0v) is 15.3. The van der Waals surface area contributed by atoms with Crippen LogP contribution in [0.5, 0.6) is 17.2 Å². The van der Waals surface area contributed by atoms with Gasteiger partial charge in [0.05, 0.1) is 5.69 Å². The molecule has 146 valence electrons. The molecule has 0 saturated carbocycles. The summed E-state index contributed by atoms with van der Waals surface area (Å²) in [6.07, 6.45) is -1.59. The number of fused-ring (bicyclic) bond motifs is 1. The predicted octanol–water partition coefficient (Wildman–Crippen LogP) is 2.31. The van der Waals surface area contributed by atoms with E-state index in [1.54, 1.807) is 31.2 Å². The Bertz CT molecular complexity index is 925. The molecule has 0 aromatic heterocycles. The molecule has 8 heteroatoms. The van der Waals surface area contributed by atoms with Crippen LogP contribution in [-0.2, 0) is 14.3 Å². The molecule has 28 heavy (non-hydrogen) atoms. The molecular formula is C20H19NO7. The minimum atomic E-state index is -1.00. The van der Waals surface area contributed by atoms with Gasteiger partial charge < -0.3 is 24.6 Å². The average molecular weight is 385 g/mol. The van der Waals surface area contributed by atoms with Crippen molar-refractivity contribution in [2.45, 2.75) is 26.1 Å². The van der Waals surface area contributed by atoms with E-state index in [9.17, 15) is 19.5 Å². The standard InChI is InChI=1S/C20H19NO7/c1-11-19(28-18-6-4-3-5-17(18)27-11)20(25)26-10-16(24)13-7-8-15(23)14(9-13)21-12(2)22/h3-9,11,19,23H,10H2,1-2H3,(H,21,22)/t11-,19-/m1/s1. The largest absolute Gasteiger partial charge is 0.506 e. The van der Waals surface area contributed by atoms with Gasteiger partial charge in [-0.2, -0.15) is 0 Å². The number of hydrogen-bond donors (Lipinski definition) is 2. The second-order valence-electron chi connectivity index (χ2n) is 6.25. The number of amides is 1. The van der Waals surface area contributed by atoms with Crippen molar-refractivity contribution in [3.8, 4) is 17.2 Å². The van der Waals surface area contributed by atoms with Gasteiger partial charge in [-0.15, -0.1) is 0 Å². The Morgan fingerprint density at radius 3 is 2.46 bits per heavy atom. The maximum atomic E-state index is 12.3. The predicted molar refractivity (Wildman–Crippen MR) is 98.6 cm³/mol. The van der Waals surface area contributed by atoms with E-state index >= 15 is 0 Å². The molecule has 2 aromatic carbocycles. The fourth-order valence-electron chi connectivity index (χ4n) is 2.68. The number of rotatable bonds is 5. The van der Waals surface area contributed by atoms with Crippen LogP contribution in [0.2, 0.25) is 0 Å². The molecule has 0 aliphatic carbocycles. The number of esters is 1. The molecule has 3 rings (SSSR count). The van der Waals surface area contributed by atoms with Crippen molar-refractivity contribution in [1.82, 2.24) is 0 Å². The normalized spacial score (nSPS) is 17.5. The zero-order chi connectivity index (χ0) is 20.3. The second kappa shape index (κ2) is 7.99. The van der Waals surface area contributed by atoms with Crippen molar-refractivity contribution in [3.63, 3.8) is 0 Å². The molecule has 1 heterocycles. The lowest BCUT2D eigenvalue weighted by molar-refractivity contribution is -0.156. The molecular weight excluding hydrogens is 366 g/mol. The summed E-state index contributed by atoms with van der Waals surface area (Å²) in [6.45, 7) is 2.43. The molecule has 0 radical (unpaired) electrons. The average Bonchev–Trinajstić information content (AvgIpc) is 2.66. The highest BCUT2D eigenvalue weighted by molar-refractivity contribution is 6.00. The van der Waals surface area contributed by atoms with Crippen LogP contribution in [0.3, 0.4) is 0 Å². The highest BCUT2D eigenvalue weighted by Gasteiger charge is 2.35. The third-order valence-electron chi connectivity index (χ3n) is 4.05. The Morgan fingerprint density at radius 2 is 1.79 bits per heavy atom. The Balaban J connectivity index is 1.63. The number of phenolic OH excluding ortho intramolecular Hbond substituents is 1. The van der Waals surface area contributed by atoms with Crippen LogP contribution in [0.1, 0.15) is 24.2 Å². The molecule has 0 spiro atoms. The van der Waals surface area contributed by atoms with E-state index in [2.05, 4.69) is 5.32 Å². The smallest absolute Gasteiger partial charge is 0.351 e. The maximum absolute atomic E-state index is 12.3. The summed E-state index contributed by atoms with van der Waals surface area (Å²) in [5, 5.41) is 12.1. The molecule has 2 atom stereocenters. The van der Waals surface area contributed by atoms with Gasteiger partial charge in [0.2, 0.25) is 12.0 Å². The lowest BCUT2D eigenvalue weighted by Crippen LogP contribution is -2.44. The van der Waals surface area contributed by atoms with E-state index in [4.69, 9.17) is 14.2 Å². The third kappa shape index (κ3) is 4.22. The van der Waals surface area contributed by atoms with Gasteiger partial charge in [-0.1, -0.05) is 12.1 Å². The summed E-state index contributed by atoms with van der Waals surface area (Å²) < 4.78 is 16.4. The summed E-state index contributed by atoms with van der Waals surface area (Å²) in [5.74, 6) is -0.836. The van der Waals surface area contributed by atoms with Crippen molar-refractivity contribution in [3.05, 3.63) is 48.0 Å². The summed E-state index contributed by atoms with van der Waals surface area (Å²) >= 11 is 0. The van der Waals surface area contributed by atoms with Crippen LogP contribution >= 0.6 is 0 Å². The first-order chi connectivity index (χ1) is 13.3. The Labute approximate surface area is 161 Å². The summed E-state index contributed by atoms with van der Waals surface area (Å²) in [5.41, 5.74) is 0.271. The Hall–Kier alpha value is -3.55. The number of carbonyl (C=O) groups is 3. The fraction of sp³-hybridized carbons (Fsp3) is 0.250. The van der Waals surface area contributed by atoms with E-state index in [1.165, 1.54) is 25.1 Å². The molecule has 2 N–H and O–H groups in total. The molecule has 8 nitrogen and oxygen atoms in total. The van der Waals surface area contributed by atoms with Crippen LogP contribution in [0.15, 0.2) is 42.5 Å². The van der Waals surface area contributed by atoms with Gasteiger partial charge in [0.15, 0.2) is 23.9 Å². The van der Waals surface area contributed by atoms with Crippen molar-refractivity contribution in [1.29, 1.82) is 0 Å². The molecule has 0 unspecified atom stereocenters. The minimum absolute atomic E-state index is 0.0962.